The Morgan fingerprint density at radius 3 is 1.45 bits per heavy atom. The summed E-state index contributed by atoms with van der Waals surface area (Å²) in [4.78, 5) is 4.29. The maximum Gasteiger partial charge on any atom is 0.434 e. The van der Waals surface area contributed by atoms with Crippen molar-refractivity contribution < 1.29 is 27.4 Å². The Kier molecular flexibility index (Phi) is 6.68. The second kappa shape index (κ2) is 10.1. The van der Waals surface area contributed by atoms with Gasteiger partial charge in [0.2, 0.25) is 0 Å². The average molecular weight is 516 g/mol. The zero-order valence-electron chi connectivity index (χ0n) is 21.0. The number of aromatic nitrogens is 1. The zero-order chi connectivity index (χ0) is 26.9. The van der Waals surface area contributed by atoms with Gasteiger partial charge in [-0.05, 0) is 53.1 Å². The summed E-state index contributed by atoms with van der Waals surface area (Å²) < 4.78 is 60.0. The van der Waals surface area contributed by atoms with Crippen LogP contribution in [0.1, 0.15) is 5.69 Å². The lowest BCUT2D eigenvalue weighted by atomic mass is 9.88. The topological polar surface area (TPSA) is 40.6 Å². The molecule has 1 heterocycles. The fourth-order valence-corrected chi connectivity index (χ4v) is 4.59. The van der Waals surface area contributed by atoms with Gasteiger partial charge in [-0.2, -0.15) is 13.2 Å². The molecule has 4 aromatic carbocycles. The summed E-state index contributed by atoms with van der Waals surface area (Å²) >= 11 is 0. The quantitative estimate of drug-likeness (QED) is 0.228. The highest BCUT2D eigenvalue weighted by atomic mass is 19.4. The fourth-order valence-electron chi connectivity index (χ4n) is 4.59. The molecule has 0 N–H and O–H groups in total. The van der Waals surface area contributed by atoms with E-state index < -0.39 is 11.9 Å². The summed E-state index contributed by atoms with van der Waals surface area (Å²) in [5.74, 6) is 1.80. The third kappa shape index (κ3) is 4.63. The first-order valence-corrected chi connectivity index (χ1v) is 11.8. The van der Waals surface area contributed by atoms with Crippen molar-refractivity contribution in [3.63, 3.8) is 0 Å². The molecule has 0 atom stereocenters. The number of hydrogen-bond donors (Lipinski definition) is 0. The van der Waals surface area contributed by atoms with E-state index in [2.05, 4.69) is 4.98 Å². The Labute approximate surface area is 218 Å². The number of fused-ring (bicyclic) bond motifs is 1. The normalized spacial score (nSPS) is 11.4. The van der Waals surface area contributed by atoms with Gasteiger partial charge in [0.25, 0.3) is 0 Å². The number of para-hydroxylation sites is 1. The standard InChI is InChI=1S/C31H24F3NO3/c1-36-22-13-7-19(8-14-22)25-5-4-6-26-27(20-9-15-23(37-2)16-10-20)28(21-11-17-24(38-3)18-12-21)30(31(32,33)34)35-29(25)26/h4-18H,1-3H3. The van der Waals surface area contributed by atoms with Crippen molar-refractivity contribution in [1.82, 2.24) is 4.98 Å². The number of benzene rings is 4. The SMILES string of the molecule is COc1ccc(-c2c(C(F)(F)F)nc3c(-c4ccc(OC)cc4)cccc3c2-c2ccc(OC)cc2)cc1. The molecule has 0 bridgehead atoms. The minimum Gasteiger partial charge on any atom is -0.497 e. The summed E-state index contributed by atoms with van der Waals surface area (Å²) in [5.41, 5.74) is 2.06. The van der Waals surface area contributed by atoms with Crippen LogP contribution in [-0.4, -0.2) is 26.3 Å². The average Bonchev–Trinajstić information content (AvgIpc) is 2.95. The van der Waals surface area contributed by atoms with Crippen molar-refractivity contribution in [2.24, 2.45) is 0 Å². The molecule has 0 unspecified atom stereocenters. The first kappa shape index (κ1) is 25.1. The molecular weight excluding hydrogens is 491 g/mol. The summed E-state index contributed by atoms with van der Waals surface area (Å²) in [6.45, 7) is 0. The molecule has 0 aliphatic rings. The molecule has 38 heavy (non-hydrogen) atoms. The van der Waals surface area contributed by atoms with Gasteiger partial charge in [0.05, 0.1) is 26.8 Å². The molecule has 0 spiro atoms. The number of halogens is 3. The van der Waals surface area contributed by atoms with Crippen molar-refractivity contribution in [2.75, 3.05) is 21.3 Å². The van der Waals surface area contributed by atoms with Crippen LogP contribution in [0.25, 0.3) is 44.3 Å². The monoisotopic (exact) mass is 515 g/mol. The number of pyridine rings is 1. The minimum absolute atomic E-state index is 0.00435. The zero-order valence-corrected chi connectivity index (χ0v) is 21.0. The van der Waals surface area contributed by atoms with E-state index in [9.17, 15) is 13.2 Å². The van der Waals surface area contributed by atoms with Gasteiger partial charge in [0.1, 0.15) is 17.2 Å². The molecule has 0 amide bonds. The molecule has 192 valence electrons. The van der Waals surface area contributed by atoms with Gasteiger partial charge in [-0.15, -0.1) is 0 Å². The second-order valence-electron chi connectivity index (χ2n) is 8.60. The van der Waals surface area contributed by atoms with Crippen LogP contribution in [0, 0.1) is 0 Å². The lowest BCUT2D eigenvalue weighted by Gasteiger charge is -2.21. The molecule has 0 aliphatic heterocycles. The van der Waals surface area contributed by atoms with E-state index in [0.29, 0.717) is 44.9 Å². The van der Waals surface area contributed by atoms with Gasteiger partial charge in [0, 0.05) is 22.1 Å². The van der Waals surface area contributed by atoms with E-state index in [1.165, 1.54) is 7.11 Å². The van der Waals surface area contributed by atoms with Crippen LogP contribution < -0.4 is 14.2 Å². The van der Waals surface area contributed by atoms with Crippen molar-refractivity contribution in [3.05, 3.63) is 96.7 Å². The molecule has 0 saturated carbocycles. The Balaban J connectivity index is 1.90. The van der Waals surface area contributed by atoms with Gasteiger partial charge < -0.3 is 14.2 Å². The third-order valence-corrected chi connectivity index (χ3v) is 6.44. The Morgan fingerprint density at radius 2 is 1.00 bits per heavy atom. The van der Waals surface area contributed by atoms with Crippen molar-refractivity contribution in [2.45, 2.75) is 6.18 Å². The largest absolute Gasteiger partial charge is 0.497 e. The number of rotatable bonds is 6. The Hall–Kier alpha value is -4.52. The number of hydrogen-bond acceptors (Lipinski definition) is 4. The highest BCUT2D eigenvalue weighted by Crippen LogP contribution is 2.47. The molecule has 0 aliphatic carbocycles. The van der Waals surface area contributed by atoms with Crippen LogP contribution in [0.3, 0.4) is 0 Å². The lowest BCUT2D eigenvalue weighted by Crippen LogP contribution is -2.12. The predicted octanol–water partition coefficient (Wildman–Crippen LogP) is 8.28. The van der Waals surface area contributed by atoms with Crippen LogP contribution in [-0.2, 0) is 6.18 Å². The molecule has 5 aromatic rings. The van der Waals surface area contributed by atoms with E-state index in [1.54, 1.807) is 80.9 Å². The molecule has 5 rings (SSSR count). The van der Waals surface area contributed by atoms with E-state index in [4.69, 9.17) is 14.2 Å². The van der Waals surface area contributed by atoms with Crippen LogP contribution in [0.5, 0.6) is 17.2 Å². The predicted molar refractivity (Wildman–Crippen MR) is 143 cm³/mol. The van der Waals surface area contributed by atoms with Crippen LogP contribution in [0.15, 0.2) is 91.0 Å². The lowest BCUT2D eigenvalue weighted by molar-refractivity contribution is -0.140. The molecule has 0 radical (unpaired) electrons. The van der Waals surface area contributed by atoms with E-state index in [0.717, 1.165) is 5.56 Å². The van der Waals surface area contributed by atoms with Gasteiger partial charge in [0.15, 0.2) is 5.69 Å². The van der Waals surface area contributed by atoms with Gasteiger partial charge in [-0.3, -0.25) is 0 Å². The van der Waals surface area contributed by atoms with Gasteiger partial charge >= 0.3 is 6.18 Å². The molecule has 1 aromatic heterocycles. The van der Waals surface area contributed by atoms with Crippen molar-refractivity contribution >= 4 is 10.9 Å². The number of alkyl halides is 3. The van der Waals surface area contributed by atoms with E-state index in [-0.39, 0.29) is 11.1 Å². The number of methoxy groups -OCH3 is 3. The van der Waals surface area contributed by atoms with Crippen LogP contribution in [0.4, 0.5) is 13.2 Å². The smallest absolute Gasteiger partial charge is 0.434 e. The molecule has 7 heteroatoms. The molecule has 0 saturated heterocycles. The van der Waals surface area contributed by atoms with E-state index >= 15 is 0 Å². The van der Waals surface area contributed by atoms with Crippen LogP contribution >= 0.6 is 0 Å². The third-order valence-electron chi connectivity index (χ3n) is 6.44. The van der Waals surface area contributed by atoms with E-state index in [1.807, 2.05) is 24.3 Å². The summed E-state index contributed by atoms with van der Waals surface area (Å²) in [7, 11) is 4.62. The summed E-state index contributed by atoms with van der Waals surface area (Å²) in [6, 6.07) is 26.1. The first-order chi connectivity index (χ1) is 18.3. The Bertz CT molecular complexity index is 1580. The first-order valence-electron chi connectivity index (χ1n) is 11.8. The summed E-state index contributed by atoms with van der Waals surface area (Å²) in [6.07, 6.45) is -4.71. The van der Waals surface area contributed by atoms with Crippen molar-refractivity contribution in [1.29, 1.82) is 0 Å². The molecule has 0 fully saturated rings. The highest BCUT2D eigenvalue weighted by molar-refractivity contribution is 6.08. The number of nitrogens with zero attached hydrogens (tertiary/aromatic N) is 1. The van der Waals surface area contributed by atoms with Gasteiger partial charge in [-0.25, -0.2) is 4.98 Å². The highest BCUT2D eigenvalue weighted by Gasteiger charge is 2.38. The minimum atomic E-state index is -4.71. The maximum absolute atomic E-state index is 14.7. The summed E-state index contributed by atoms with van der Waals surface area (Å²) in [5, 5.41) is 0.599. The maximum atomic E-state index is 14.7. The van der Waals surface area contributed by atoms with Crippen molar-refractivity contribution in [3.8, 4) is 50.6 Å². The fraction of sp³-hybridized carbons (Fsp3) is 0.129. The Morgan fingerprint density at radius 1 is 0.553 bits per heavy atom. The second-order valence-corrected chi connectivity index (χ2v) is 8.60. The molecular formula is C31H24F3NO3. The van der Waals surface area contributed by atoms with Gasteiger partial charge in [-0.1, -0.05) is 54.6 Å². The van der Waals surface area contributed by atoms with Crippen LogP contribution in [0.2, 0.25) is 0 Å². The number of ether oxygens (including phenoxy) is 3. The molecule has 4 nitrogen and oxygen atoms in total.